The summed E-state index contributed by atoms with van der Waals surface area (Å²) in [4.78, 5) is 23.5. The minimum absolute atomic E-state index is 0.128. The van der Waals surface area contributed by atoms with Gasteiger partial charge in [0.2, 0.25) is 5.91 Å². The van der Waals surface area contributed by atoms with E-state index in [4.69, 9.17) is 11.6 Å². The van der Waals surface area contributed by atoms with E-state index in [1.807, 2.05) is 36.4 Å². The molecule has 130 valence electrons. The number of nitrogens with one attached hydrogen (secondary N) is 3. The van der Waals surface area contributed by atoms with Crippen LogP contribution in [0.3, 0.4) is 0 Å². The Morgan fingerprint density at radius 1 is 0.880 bits per heavy atom. The molecular weight excluding hydrogens is 338 g/mol. The first-order valence-corrected chi connectivity index (χ1v) is 8.64. The fraction of sp³-hybridized carbons (Fsp3) is 0.263. The maximum Gasteiger partial charge on any atom is 0.319 e. The third-order valence-electron chi connectivity index (χ3n) is 3.99. The second-order valence-electron chi connectivity index (χ2n) is 6.12. The summed E-state index contributed by atoms with van der Waals surface area (Å²) < 4.78 is 0. The Hall–Kier alpha value is -2.53. The Morgan fingerprint density at radius 3 is 2.04 bits per heavy atom. The smallest absolute Gasteiger partial charge is 0.319 e. The summed E-state index contributed by atoms with van der Waals surface area (Å²) in [5, 5.41) is 9.15. The normalized spacial score (nSPS) is 13.2. The molecule has 0 unspecified atom stereocenters. The van der Waals surface area contributed by atoms with Gasteiger partial charge in [0.15, 0.2) is 0 Å². The lowest BCUT2D eigenvalue weighted by Gasteiger charge is -2.09. The fourth-order valence-corrected chi connectivity index (χ4v) is 2.47. The summed E-state index contributed by atoms with van der Waals surface area (Å²) in [6, 6.07) is 14.5. The quantitative estimate of drug-likeness (QED) is 0.738. The second-order valence-corrected chi connectivity index (χ2v) is 6.56. The molecule has 0 bridgehead atoms. The minimum Gasteiger partial charge on any atom is -0.352 e. The van der Waals surface area contributed by atoms with Gasteiger partial charge in [-0.1, -0.05) is 35.9 Å². The molecule has 1 aliphatic carbocycles. The molecule has 5 nitrogen and oxygen atoms in total. The maximum atomic E-state index is 11.9. The zero-order valence-corrected chi connectivity index (χ0v) is 14.5. The lowest BCUT2D eigenvalue weighted by atomic mass is 10.2. The maximum absolute atomic E-state index is 11.9. The van der Waals surface area contributed by atoms with Crippen molar-refractivity contribution in [2.75, 3.05) is 5.32 Å². The van der Waals surface area contributed by atoms with Gasteiger partial charge in [0.05, 0.1) is 0 Å². The van der Waals surface area contributed by atoms with Gasteiger partial charge >= 0.3 is 6.03 Å². The van der Waals surface area contributed by atoms with E-state index in [2.05, 4.69) is 16.0 Å². The Kier molecular flexibility index (Phi) is 5.56. The lowest BCUT2D eigenvalue weighted by Crippen LogP contribution is -2.28. The first-order chi connectivity index (χ1) is 12.1. The number of carbonyl (C=O) groups is 2. The third-order valence-corrected chi connectivity index (χ3v) is 4.24. The average molecular weight is 358 g/mol. The number of halogens is 1. The first kappa shape index (κ1) is 17.3. The van der Waals surface area contributed by atoms with Crippen molar-refractivity contribution in [1.82, 2.24) is 10.6 Å². The van der Waals surface area contributed by atoms with E-state index >= 15 is 0 Å². The average Bonchev–Trinajstić information content (AvgIpc) is 3.45. The number of urea groups is 1. The largest absolute Gasteiger partial charge is 0.352 e. The first-order valence-electron chi connectivity index (χ1n) is 8.26. The molecule has 1 fully saturated rings. The van der Waals surface area contributed by atoms with E-state index < -0.39 is 0 Å². The predicted octanol–water partition coefficient (Wildman–Crippen LogP) is 3.69. The topological polar surface area (TPSA) is 70.2 Å². The number of rotatable bonds is 6. The van der Waals surface area contributed by atoms with Crippen LogP contribution in [0.1, 0.15) is 24.0 Å². The summed E-state index contributed by atoms with van der Waals surface area (Å²) in [7, 11) is 0. The molecule has 3 rings (SSSR count). The van der Waals surface area contributed by atoms with E-state index in [0.29, 0.717) is 23.8 Å². The lowest BCUT2D eigenvalue weighted by molar-refractivity contribution is -0.122. The van der Waals surface area contributed by atoms with Crippen LogP contribution in [-0.4, -0.2) is 11.9 Å². The van der Waals surface area contributed by atoms with Crippen molar-refractivity contribution < 1.29 is 9.59 Å². The summed E-state index contributed by atoms with van der Waals surface area (Å²) in [6.07, 6.45) is 2.00. The number of amides is 3. The van der Waals surface area contributed by atoms with E-state index in [1.165, 1.54) is 0 Å². The molecule has 2 aromatic rings. The number of carbonyl (C=O) groups excluding carboxylic acids is 2. The molecule has 0 radical (unpaired) electrons. The molecule has 0 saturated heterocycles. The van der Waals surface area contributed by atoms with Gasteiger partial charge in [0, 0.05) is 29.7 Å². The molecule has 0 heterocycles. The molecule has 6 heteroatoms. The van der Waals surface area contributed by atoms with Crippen LogP contribution < -0.4 is 16.0 Å². The van der Waals surface area contributed by atoms with Crippen molar-refractivity contribution in [2.45, 2.75) is 25.9 Å². The molecule has 0 aliphatic heterocycles. The van der Waals surface area contributed by atoms with Crippen LogP contribution in [0, 0.1) is 5.92 Å². The van der Waals surface area contributed by atoms with E-state index in [-0.39, 0.29) is 17.9 Å². The zero-order chi connectivity index (χ0) is 17.6. The van der Waals surface area contributed by atoms with Gasteiger partial charge in [0.25, 0.3) is 0 Å². The monoisotopic (exact) mass is 357 g/mol. The molecule has 1 saturated carbocycles. The van der Waals surface area contributed by atoms with Crippen LogP contribution in [0.5, 0.6) is 0 Å². The highest BCUT2D eigenvalue weighted by molar-refractivity contribution is 6.30. The summed E-state index contributed by atoms with van der Waals surface area (Å²) in [5.74, 6) is 0.342. The van der Waals surface area contributed by atoms with Gasteiger partial charge in [-0.3, -0.25) is 4.79 Å². The second kappa shape index (κ2) is 8.03. The van der Waals surface area contributed by atoms with Crippen molar-refractivity contribution in [3.05, 3.63) is 64.7 Å². The Bertz CT molecular complexity index is 740. The highest BCUT2D eigenvalue weighted by Crippen LogP contribution is 2.28. The van der Waals surface area contributed by atoms with Crippen molar-refractivity contribution >= 4 is 29.2 Å². The van der Waals surface area contributed by atoms with Gasteiger partial charge in [-0.2, -0.15) is 0 Å². The van der Waals surface area contributed by atoms with E-state index in [0.717, 1.165) is 24.0 Å². The standard InChI is InChI=1S/C19H20ClN3O2/c20-16-7-1-13(2-8-16)12-22-19(25)23-17-9-3-14(4-10-17)11-21-18(24)15-5-6-15/h1-4,7-10,15H,5-6,11-12H2,(H,21,24)(H2,22,23,25). The molecule has 2 aromatic carbocycles. The SMILES string of the molecule is O=C(NCc1ccc(Cl)cc1)Nc1ccc(CNC(=O)C2CC2)cc1. The van der Waals surface area contributed by atoms with Crippen LogP contribution in [0.15, 0.2) is 48.5 Å². The molecule has 0 atom stereocenters. The van der Waals surface area contributed by atoms with Crippen LogP contribution in [0.4, 0.5) is 10.5 Å². The van der Waals surface area contributed by atoms with Crippen LogP contribution >= 0.6 is 11.6 Å². The van der Waals surface area contributed by atoms with Crippen molar-refractivity contribution in [3.63, 3.8) is 0 Å². The number of benzene rings is 2. The highest BCUT2D eigenvalue weighted by Gasteiger charge is 2.29. The minimum atomic E-state index is -0.273. The molecule has 0 aromatic heterocycles. The molecule has 3 amide bonds. The highest BCUT2D eigenvalue weighted by atomic mass is 35.5. The van der Waals surface area contributed by atoms with E-state index in [9.17, 15) is 9.59 Å². The molecule has 0 spiro atoms. The van der Waals surface area contributed by atoms with Crippen molar-refractivity contribution in [3.8, 4) is 0 Å². The van der Waals surface area contributed by atoms with Crippen LogP contribution in [0.2, 0.25) is 5.02 Å². The van der Waals surface area contributed by atoms with Gasteiger partial charge in [-0.15, -0.1) is 0 Å². The number of anilines is 1. The Balaban J connectivity index is 1.43. The van der Waals surface area contributed by atoms with Gasteiger partial charge in [-0.05, 0) is 48.2 Å². The number of hydrogen-bond donors (Lipinski definition) is 3. The zero-order valence-electron chi connectivity index (χ0n) is 13.7. The fourth-order valence-electron chi connectivity index (χ4n) is 2.34. The van der Waals surface area contributed by atoms with Crippen molar-refractivity contribution in [1.29, 1.82) is 0 Å². The molecule has 1 aliphatic rings. The molecular formula is C19H20ClN3O2. The van der Waals surface area contributed by atoms with Crippen LogP contribution in [-0.2, 0) is 17.9 Å². The van der Waals surface area contributed by atoms with Crippen LogP contribution in [0.25, 0.3) is 0 Å². The Morgan fingerprint density at radius 2 is 1.44 bits per heavy atom. The van der Waals surface area contributed by atoms with Gasteiger partial charge in [0.1, 0.15) is 0 Å². The summed E-state index contributed by atoms with van der Waals surface area (Å²) in [6.45, 7) is 0.937. The van der Waals surface area contributed by atoms with E-state index in [1.54, 1.807) is 12.1 Å². The molecule has 3 N–H and O–H groups in total. The summed E-state index contributed by atoms with van der Waals surface area (Å²) >= 11 is 5.83. The van der Waals surface area contributed by atoms with Crippen molar-refractivity contribution in [2.24, 2.45) is 5.92 Å². The predicted molar refractivity (Wildman–Crippen MR) is 98.3 cm³/mol. The van der Waals surface area contributed by atoms with Gasteiger partial charge < -0.3 is 16.0 Å². The van der Waals surface area contributed by atoms with Gasteiger partial charge in [-0.25, -0.2) is 4.79 Å². The third kappa shape index (κ3) is 5.50. The number of hydrogen-bond acceptors (Lipinski definition) is 2. The molecule has 25 heavy (non-hydrogen) atoms. The summed E-state index contributed by atoms with van der Waals surface area (Å²) in [5.41, 5.74) is 2.67. The Labute approximate surface area is 151 Å².